The van der Waals surface area contributed by atoms with Crippen LogP contribution >= 0.6 is 0 Å². The standard InChI is InChI=1S/C66H39N/c1-2-18-43(19-3-1)67-65-58-29-15-13-26-51(58)56-33-30-40-16-4-7-21-46(40)62(56)64(65)59-37-36-57-54-32-31-42(39-61(54)52-27-12-14-28-55(52)63(57)66(59)67)45-34-35-53(49-24-10-8-23-48(45)49)60-38-41-17-5-6-20-44(41)47-22-9-11-25-50(47)60/h1-39H. The van der Waals surface area contributed by atoms with Gasteiger partial charge in [-0.25, -0.2) is 0 Å². The van der Waals surface area contributed by atoms with E-state index in [4.69, 9.17) is 0 Å². The highest BCUT2D eigenvalue weighted by atomic mass is 15.0. The fraction of sp³-hybridized carbons (Fsp3) is 0. The van der Waals surface area contributed by atoms with Crippen LogP contribution in [0.15, 0.2) is 237 Å². The minimum absolute atomic E-state index is 1.16. The third-order valence-electron chi connectivity index (χ3n) is 14.9. The molecule has 14 aromatic carbocycles. The summed E-state index contributed by atoms with van der Waals surface area (Å²) in [6.45, 7) is 0. The molecule has 15 rings (SSSR count). The van der Waals surface area contributed by atoms with Crippen molar-refractivity contribution in [3.8, 4) is 27.9 Å². The number of hydrogen-bond donors (Lipinski definition) is 0. The molecule has 0 amide bonds. The molecule has 0 bridgehead atoms. The zero-order chi connectivity index (χ0) is 43.7. The number of nitrogens with zero attached hydrogens (tertiary/aromatic N) is 1. The molecule has 0 aliphatic heterocycles. The molecule has 0 fully saturated rings. The Morgan fingerprint density at radius 3 is 1.43 bits per heavy atom. The van der Waals surface area contributed by atoms with Gasteiger partial charge in [-0.1, -0.05) is 212 Å². The fourth-order valence-corrected chi connectivity index (χ4v) is 12.1. The van der Waals surface area contributed by atoms with Crippen molar-refractivity contribution < 1.29 is 0 Å². The molecule has 1 heterocycles. The van der Waals surface area contributed by atoms with E-state index in [1.54, 1.807) is 0 Å². The number of benzene rings is 14. The van der Waals surface area contributed by atoms with E-state index < -0.39 is 0 Å². The van der Waals surface area contributed by atoms with Gasteiger partial charge in [0, 0.05) is 32.6 Å². The molecule has 67 heavy (non-hydrogen) atoms. The minimum Gasteiger partial charge on any atom is -0.308 e. The van der Waals surface area contributed by atoms with Gasteiger partial charge in [0.25, 0.3) is 0 Å². The summed E-state index contributed by atoms with van der Waals surface area (Å²) in [5, 5.41) is 25.4. The number of rotatable bonds is 3. The fourth-order valence-electron chi connectivity index (χ4n) is 12.1. The van der Waals surface area contributed by atoms with Crippen molar-refractivity contribution in [1.82, 2.24) is 4.57 Å². The van der Waals surface area contributed by atoms with E-state index in [9.17, 15) is 0 Å². The zero-order valence-corrected chi connectivity index (χ0v) is 36.5. The van der Waals surface area contributed by atoms with Crippen LogP contribution in [0, 0.1) is 0 Å². The molecule has 0 radical (unpaired) electrons. The van der Waals surface area contributed by atoms with Gasteiger partial charge >= 0.3 is 0 Å². The smallest absolute Gasteiger partial charge is 0.0626 e. The lowest BCUT2D eigenvalue weighted by Crippen LogP contribution is -1.96. The van der Waals surface area contributed by atoms with Crippen LogP contribution in [-0.2, 0) is 0 Å². The molecule has 0 unspecified atom stereocenters. The van der Waals surface area contributed by atoms with Crippen LogP contribution in [0.5, 0.6) is 0 Å². The molecule has 1 heteroatoms. The Bertz CT molecular complexity index is 4590. The number of para-hydroxylation sites is 1. The number of aromatic nitrogens is 1. The lowest BCUT2D eigenvalue weighted by Gasteiger charge is -2.17. The maximum Gasteiger partial charge on any atom is 0.0626 e. The summed E-state index contributed by atoms with van der Waals surface area (Å²) in [5.74, 6) is 0. The first kappa shape index (κ1) is 36.5. The quantitative estimate of drug-likeness (QED) is 0.156. The molecule has 0 aliphatic rings. The molecule has 0 aliphatic carbocycles. The molecule has 308 valence electrons. The first-order valence-electron chi connectivity index (χ1n) is 23.3. The topological polar surface area (TPSA) is 4.93 Å². The monoisotopic (exact) mass is 845 g/mol. The van der Waals surface area contributed by atoms with Gasteiger partial charge in [-0.3, -0.25) is 0 Å². The summed E-state index contributed by atoms with van der Waals surface area (Å²) in [7, 11) is 0. The van der Waals surface area contributed by atoms with E-state index in [-0.39, 0.29) is 0 Å². The molecule has 1 nitrogen and oxygen atoms in total. The van der Waals surface area contributed by atoms with Crippen LogP contribution in [0.4, 0.5) is 0 Å². The van der Waals surface area contributed by atoms with E-state index in [1.807, 2.05) is 0 Å². The van der Waals surface area contributed by atoms with Gasteiger partial charge in [-0.2, -0.15) is 0 Å². The maximum atomic E-state index is 2.58. The first-order valence-corrected chi connectivity index (χ1v) is 23.3. The van der Waals surface area contributed by atoms with Gasteiger partial charge in [0.15, 0.2) is 0 Å². The third-order valence-corrected chi connectivity index (χ3v) is 14.9. The van der Waals surface area contributed by atoms with Gasteiger partial charge in [0.2, 0.25) is 0 Å². The zero-order valence-electron chi connectivity index (χ0n) is 36.5. The van der Waals surface area contributed by atoms with E-state index in [1.165, 1.54) is 141 Å². The molecular weight excluding hydrogens is 807 g/mol. The summed E-state index contributed by atoms with van der Waals surface area (Å²) in [4.78, 5) is 0. The molecule has 0 saturated heterocycles. The van der Waals surface area contributed by atoms with Crippen LogP contribution in [-0.4, -0.2) is 4.57 Å². The Morgan fingerprint density at radius 1 is 0.209 bits per heavy atom. The molecule has 0 atom stereocenters. The predicted molar refractivity (Wildman–Crippen MR) is 289 cm³/mol. The van der Waals surface area contributed by atoms with Crippen molar-refractivity contribution in [2.45, 2.75) is 0 Å². The van der Waals surface area contributed by atoms with Crippen molar-refractivity contribution in [3.05, 3.63) is 237 Å². The van der Waals surface area contributed by atoms with Crippen molar-refractivity contribution in [1.29, 1.82) is 0 Å². The summed E-state index contributed by atoms with van der Waals surface area (Å²) in [5.41, 5.74) is 8.63. The first-order chi connectivity index (χ1) is 33.3. The van der Waals surface area contributed by atoms with Gasteiger partial charge in [-0.05, 0) is 127 Å². The summed E-state index contributed by atoms with van der Waals surface area (Å²) in [6, 6.07) is 88.4. The second-order valence-corrected chi connectivity index (χ2v) is 18.2. The second-order valence-electron chi connectivity index (χ2n) is 18.2. The predicted octanol–water partition coefficient (Wildman–Crippen LogP) is 18.5. The Labute approximate surface area is 386 Å². The van der Waals surface area contributed by atoms with Crippen molar-refractivity contribution in [2.75, 3.05) is 0 Å². The van der Waals surface area contributed by atoms with Crippen LogP contribution < -0.4 is 0 Å². The average molecular weight is 846 g/mol. The maximum absolute atomic E-state index is 2.58. The van der Waals surface area contributed by atoms with Gasteiger partial charge in [0.1, 0.15) is 0 Å². The summed E-state index contributed by atoms with van der Waals surface area (Å²) < 4.78 is 2.58. The summed E-state index contributed by atoms with van der Waals surface area (Å²) in [6.07, 6.45) is 0. The Morgan fingerprint density at radius 2 is 0.672 bits per heavy atom. The number of fused-ring (bicyclic) bond motifs is 21. The Kier molecular flexibility index (Phi) is 7.56. The SMILES string of the molecule is c1ccc(-n2c3c(ccc4c5ccc(-c6ccc(-c7cc8ccccc8c8ccccc78)c7ccccc67)cc5c5ccccc5c43)c3c4c5ccccc5ccc4c4ccccc4c32)cc1. The van der Waals surface area contributed by atoms with E-state index >= 15 is 0 Å². The molecule has 0 spiro atoms. The Hall–Kier alpha value is -8.78. The van der Waals surface area contributed by atoms with Crippen molar-refractivity contribution in [3.63, 3.8) is 0 Å². The van der Waals surface area contributed by atoms with Gasteiger partial charge < -0.3 is 4.57 Å². The van der Waals surface area contributed by atoms with Crippen molar-refractivity contribution >= 4 is 119 Å². The van der Waals surface area contributed by atoms with E-state index in [2.05, 4.69) is 241 Å². The van der Waals surface area contributed by atoms with Crippen molar-refractivity contribution in [2.24, 2.45) is 0 Å². The van der Waals surface area contributed by atoms with Crippen LogP contribution in [0.25, 0.3) is 147 Å². The normalized spacial score (nSPS) is 12.2. The lowest BCUT2D eigenvalue weighted by atomic mass is 9.87. The van der Waals surface area contributed by atoms with Crippen LogP contribution in [0.3, 0.4) is 0 Å². The van der Waals surface area contributed by atoms with Gasteiger partial charge in [0.05, 0.1) is 11.0 Å². The lowest BCUT2D eigenvalue weighted by molar-refractivity contribution is 1.19. The highest BCUT2D eigenvalue weighted by molar-refractivity contribution is 6.41. The third kappa shape index (κ3) is 5.09. The number of hydrogen-bond acceptors (Lipinski definition) is 0. The highest BCUT2D eigenvalue weighted by Gasteiger charge is 2.24. The molecular formula is C66H39N. The molecule has 0 N–H and O–H groups in total. The minimum atomic E-state index is 1.16. The summed E-state index contributed by atoms with van der Waals surface area (Å²) >= 11 is 0. The Balaban J connectivity index is 1.04. The van der Waals surface area contributed by atoms with E-state index in [0.29, 0.717) is 0 Å². The van der Waals surface area contributed by atoms with E-state index in [0.717, 1.165) is 5.69 Å². The molecule has 0 saturated carbocycles. The van der Waals surface area contributed by atoms with Gasteiger partial charge in [-0.15, -0.1) is 0 Å². The van der Waals surface area contributed by atoms with Crippen LogP contribution in [0.1, 0.15) is 0 Å². The second kappa shape index (κ2) is 13.9. The average Bonchev–Trinajstić information content (AvgIpc) is 3.76. The molecule has 15 aromatic rings. The highest BCUT2D eigenvalue weighted by Crippen LogP contribution is 2.49. The molecule has 1 aromatic heterocycles. The van der Waals surface area contributed by atoms with Crippen LogP contribution in [0.2, 0.25) is 0 Å². The largest absolute Gasteiger partial charge is 0.308 e.